The molecule has 2 aromatic rings. The number of halogens is 2. The van der Waals surface area contributed by atoms with E-state index >= 15 is 0 Å². The number of fused-ring (bicyclic) bond motifs is 1. The molecule has 32 heavy (non-hydrogen) atoms. The van der Waals surface area contributed by atoms with Gasteiger partial charge in [-0.15, -0.1) is 0 Å². The molecule has 0 saturated carbocycles. The minimum Gasteiger partial charge on any atom is -0.390 e. The molecule has 0 aromatic heterocycles. The summed E-state index contributed by atoms with van der Waals surface area (Å²) in [6.45, 7) is 6.81. The molecule has 3 atom stereocenters. The van der Waals surface area contributed by atoms with Crippen LogP contribution < -0.4 is 15.5 Å². The summed E-state index contributed by atoms with van der Waals surface area (Å²) in [5, 5.41) is 17.0. The first-order chi connectivity index (χ1) is 15.1. The van der Waals surface area contributed by atoms with Crippen LogP contribution in [0.3, 0.4) is 0 Å². The van der Waals surface area contributed by atoms with E-state index in [-0.39, 0.29) is 24.9 Å². The van der Waals surface area contributed by atoms with Crippen molar-refractivity contribution in [3.05, 3.63) is 64.7 Å². The van der Waals surface area contributed by atoms with E-state index in [0.29, 0.717) is 11.5 Å². The molecule has 1 aliphatic rings. The molecule has 0 aliphatic carbocycles. The van der Waals surface area contributed by atoms with E-state index in [9.17, 15) is 18.7 Å². The molecule has 1 heterocycles. The molecule has 3 unspecified atom stereocenters. The SMILES string of the molecule is CC(=O)NC(Cc1cc(F)cc(F)c1)C(O)CNC1CCN(C)c2ccc(C(C)C)cc21. The number of benzene rings is 2. The number of aliphatic hydroxyl groups excluding tert-OH is 1. The second-order valence-corrected chi connectivity index (χ2v) is 9.00. The number of anilines is 1. The third-order valence-corrected chi connectivity index (χ3v) is 6.06. The van der Waals surface area contributed by atoms with E-state index in [0.717, 1.165) is 19.0 Å². The highest BCUT2D eigenvalue weighted by molar-refractivity contribution is 5.73. The highest BCUT2D eigenvalue weighted by Gasteiger charge is 2.27. The molecule has 2 aromatic carbocycles. The van der Waals surface area contributed by atoms with Gasteiger partial charge >= 0.3 is 0 Å². The smallest absolute Gasteiger partial charge is 0.217 e. The number of nitrogens with zero attached hydrogens (tertiary/aromatic N) is 1. The van der Waals surface area contributed by atoms with Gasteiger partial charge in [-0.1, -0.05) is 26.0 Å². The van der Waals surface area contributed by atoms with Gasteiger partial charge in [-0.2, -0.15) is 0 Å². The average molecular weight is 446 g/mol. The summed E-state index contributed by atoms with van der Waals surface area (Å²) in [6.07, 6.45) is 0.0811. The van der Waals surface area contributed by atoms with Crippen LogP contribution in [-0.4, -0.2) is 43.3 Å². The predicted octanol–water partition coefficient (Wildman–Crippen LogP) is 3.67. The van der Waals surface area contributed by atoms with Crippen molar-refractivity contribution >= 4 is 11.6 Å². The summed E-state index contributed by atoms with van der Waals surface area (Å²) >= 11 is 0. The maximum atomic E-state index is 13.6. The molecule has 7 heteroatoms. The molecule has 174 valence electrons. The Labute approximate surface area is 188 Å². The minimum absolute atomic E-state index is 0.0687. The van der Waals surface area contributed by atoms with Gasteiger partial charge in [-0.3, -0.25) is 4.79 Å². The number of nitrogens with one attached hydrogen (secondary N) is 2. The monoisotopic (exact) mass is 445 g/mol. The summed E-state index contributed by atoms with van der Waals surface area (Å²) in [5.74, 6) is -1.26. The fraction of sp³-hybridized carbons (Fsp3) is 0.480. The Bertz CT molecular complexity index is 931. The lowest BCUT2D eigenvalue weighted by molar-refractivity contribution is -0.120. The lowest BCUT2D eigenvalue weighted by atomic mass is 9.91. The zero-order chi connectivity index (χ0) is 23.4. The average Bonchev–Trinajstić information content (AvgIpc) is 2.71. The Balaban J connectivity index is 1.73. The number of carbonyl (C=O) groups is 1. The number of aliphatic hydroxyl groups is 1. The molecule has 0 spiro atoms. The number of amides is 1. The molecule has 3 N–H and O–H groups in total. The van der Waals surface area contributed by atoms with Crippen molar-refractivity contribution in [2.24, 2.45) is 0 Å². The highest BCUT2D eigenvalue weighted by Crippen LogP contribution is 2.35. The number of carbonyl (C=O) groups excluding carboxylic acids is 1. The van der Waals surface area contributed by atoms with Crippen molar-refractivity contribution in [2.45, 2.75) is 57.7 Å². The molecular weight excluding hydrogens is 412 g/mol. The van der Waals surface area contributed by atoms with E-state index in [4.69, 9.17) is 0 Å². The van der Waals surface area contributed by atoms with Gasteiger partial charge in [0.05, 0.1) is 12.1 Å². The van der Waals surface area contributed by atoms with Crippen LogP contribution in [0.5, 0.6) is 0 Å². The third-order valence-electron chi connectivity index (χ3n) is 6.06. The van der Waals surface area contributed by atoms with Crippen molar-refractivity contribution < 1.29 is 18.7 Å². The van der Waals surface area contributed by atoms with Crippen molar-refractivity contribution in [3.8, 4) is 0 Å². The van der Waals surface area contributed by atoms with Crippen molar-refractivity contribution in [1.29, 1.82) is 0 Å². The topological polar surface area (TPSA) is 64.6 Å². The standard InChI is InChI=1S/C25H33F2N3O2/c1-15(2)18-5-6-24-21(12-18)22(7-8-30(24)4)28-14-25(32)23(29-16(3)31)11-17-9-19(26)13-20(27)10-17/h5-6,9-10,12-13,15,22-23,25,28,32H,7-8,11,14H2,1-4H3,(H,29,31). The Morgan fingerprint density at radius 1 is 1.19 bits per heavy atom. The number of hydrogen-bond donors (Lipinski definition) is 3. The van der Waals surface area contributed by atoms with E-state index in [1.807, 2.05) is 0 Å². The highest BCUT2D eigenvalue weighted by atomic mass is 19.1. The van der Waals surface area contributed by atoms with Crippen molar-refractivity contribution in [1.82, 2.24) is 10.6 Å². The Kier molecular flexibility index (Phi) is 7.85. The summed E-state index contributed by atoms with van der Waals surface area (Å²) in [4.78, 5) is 13.9. The molecular formula is C25H33F2N3O2. The van der Waals surface area contributed by atoms with Gasteiger partial charge in [0.2, 0.25) is 5.91 Å². The van der Waals surface area contributed by atoms with Gasteiger partial charge in [0.25, 0.3) is 0 Å². The lowest BCUT2D eigenvalue weighted by Crippen LogP contribution is -2.49. The maximum absolute atomic E-state index is 13.6. The molecule has 1 amide bonds. The molecule has 0 bridgehead atoms. The first kappa shape index (κ1) is 24.1. The van der Waals surface area contributed by atoms with Crippen molar-refractivity contribution in [3.63, 3.8) is 0 Å². The third kappa shape index (κ3) is 6.04. The van der Waals surface area contributed by atoms with E-state index in [1.54, 1.807) is 0 Å². The lowest BCUT2D eigenvalue weighted by Gasteiger charge is -2.35. The van der Waals surface area contributed by atoms with Crippen LogP contribution in [0.4, 0.5) is 14.5 Å². The van der Waals surface area contributed by atoms with Crippen LogP contribution in [0.25, 0.3) is 0 Å². The van der Waals surface area contributed by atoms with Crippen LogP contribution in [0.15, 0.2) is 36.4 Å². The molecule has 3 rings (SSSR count). The van der Waals surface area contributed by atoms with Gasteiger partial charge in [-0.25, -0.2) is 8.78 Å². The van der Waals surface area contributed by atoms with Crippen LogP contribution in [0.2, 0.25) is 0 Å². The van der Waals surface area contributed by atoms with Crippen molar-refractivity contribution in [2.75, 3.05) is 25.0 Å². The largest absolute Gasteiger partial charge is 0.390 e. The number of hydrogen-bond acceptors (Lipinski definition) is 4. The Hall–Kier alpha value is -2.51. The first-order valence-electron chi connectivity index (χ1n) is 11.1. The van der Waals surface area contributed by atoms with Gasteiger partial charge in [0.1, 0.15) is 11.6 Å². The predicted molar refractivity (Wildman–Crippen MR) is 123 cm³/mol. The molecule has 0 saturated heterocycles. The summed E-state index contributed by atoms with van der Waals surface area (Å²) in [5.41, 5.74) is 4.00. The fourth-order valence-corrected chi connectivity index (χ4v) is 4.30. The van der Waals surface area contributed by atoms with E-state index in [2.05, 4.69) is 54.6 Å². The first-order valence-corrected chi connectivity index (χ1v) is 11.1. The van der Waals surface area contributed by atoms with E-state index < -0.39 is 23.8 Å². The van der Waals surface area contributed by atoms with E-state index in [1.165, 1.54) is 35.9 Å². The minimum atomic E-state index is -0.929. The van der Waals surface area contributed by atoms with Crippen LogP contribution in [-0.2, 0) is 11.2 Å². The second-order valence-electron chi connectivity index (χ2n) is 9.00. The van der Waals surface area contributed by atoms with Crippen LogP contribution in [0.1, 0.15) is 55.8 Å². The molecule has 1 aliphatic heterocycles. The fourth-order valence-electron chi connectivity index (χ4n) is 4.30. The molecule has 5 nitrogen and oxygen atoms in total. The van der Waals surface area contributed by atoms with Crippen LogP contribution in [0, 0.1) is 11.6 Å². The Morgan fingerprint density at radius 2 is 1.88 bits per heavy atom. The maximum Gasteiger partial charge on any atom is 0.217 e. The normalized spacial score (nSPS) is 17.8. The summed E-state index contributed by atoms with van der Waals surface area (Å²) in [7, 11) is 2.07. The van der Waals surface area contributed by atoms with Gasteiger partial charge in [-0.05, 0) is 53.6 Å². The Morgan fingerprint density at radius 3 is 2.50 bits per heavy atom. The van der Waals surface area contributed by atoms with Crippen LogP contribution >= 0.6 is 0 Å². The number of rotatable bonds is 8. The zero-order valence-electron chi connectivity index (χ0n) is 19.2. The quantitative estimate of drug-likeness (QED) is 0.580. The molecule has 0 fully saturated rings. The summed E-state index contributed by atoms with van der Waals surface area (Å²) in [6, 6.07) is 9.17. The van der Waals surface area contributed by atoms with Gasteiger partial charge < -0.3 is 20.6 Å². The van der Waals surface area contributed by atoms with Gasteiger partial charge in [0, 0.05) is 44.9 Å². The second kappa shape index (κ2) is 10.4. The summed E-state index contributed by atoms with van der Waals surface area (Å²) < 4.78 is 27.2. The zero-order valence-corrected chi connectivity index (χ0v) is 19.2. The van der Waals surface area contributed by atoms with Gasteiger partial charge in [0.15, 0.2) is 0 Å². The molecule has 0 radical (unpaired) electrons.